The van der Waals surface area contributed by atoms with Gasteiger partial charge >= 0.3 is 5.97 Å². The van der Waals surface area contributed by atoms with Gasteiger partial charge in [-0.25, -0.2) is 4.79 Å². The molecule has 20 heavy (non-hydrogen) atoms. The maximum atomic E-state index is 11.5. The molecule has 2 rings (SSSR count). The molecule has 0 atom stereocenters. The fourth-order valence-electron chi connectivity index (χ4n) is 1.49. The van der Waals surface area contributed by atoms with Crippen LogP contribution in [0.5, 0.6) is 5.75 Å². The van der Waals surface area contributed by atoms with Crippen molar-refractivity contribution in [3.05, 3.63) is 52.8 Å². The van der Waals surface area contributed by atoms with E-state index in [2.05, 4.69) is 20.9 Å². The molecule has 0 saturated carbocycles. The van der Waals surface area contributed by atoms with Crippen LogP contribution in [0.1, 0.15) is 5.56 Å². The zero-order chi connectivity index (χ0) is 14.4. The molecule has 0 saturated heterocycles. The quantitative estimate of drug-likeness (QED) is 0.670. The second-order valence-corrected chi connectivity index (χ2v) is 4.95. The Bertz CT molecular complexity index is 553. The van der Waals surface area contributed by atoms with Crippen molar-refractivity contribution in [2.45, 2.75) is 6.61 Å². The van der Waals surface area contributed by atoms with Crippen LogP contribution in [-0.2, 0) is 16.1 Å². The highest BCUT2D eigenvalue weighted by Crippen LogP contribution is 2.14. The SMILES string of the molecule is Nc1cccc(OCC(=O)OCc2cncc(Br)c2)c1. The molecular weight excluding hydrogens is 324 g/mol. The third kappa shape index (κ3) is 4.55. The Morgan fingerprint density at radius 2 is 2.15 bits per heavy atom. The Balaban J connectivity index is 1.78. The molecule has 0 aliphatic rings. The summed E-state index contributed by atoms with van der Waals surface area (Å²) in [5.74, 6) is 0.0819. The molecule has 0 amide bonds. The number of ether oxygens (including phenoxy) is 2. The Kier molecular flexibility index (Phi) is 4.95. The summed E-state index contributed by atoms with van der Waals surface area (Å²) in [5.41, 5.74) is 6.99. The number of aromatic nitrogens is 1. The van der Waals surface area contributed by atoms with Gasteiger partial charge in [-0.15, -0.1) is 0 Å². The zero-order valence-electron chi connectivity index (χ0n) is 10.6. The first-order valence-electron chi connectivity index (χ1n) is 5.87. The fraction of sp³-hybridized carbons (Fsp3) is 0.143. The lowest BCUT2D eigenvalue weighted by Crippen LogP contribution is -2.14. The predicted octanol–water partition coefficient (Wildman–Crippen LogP) is 2.55. The van der Waals surface area contributed by atoms with Crippen LogP contribution in [-0.4, -0.2) is 17.6 Å². The number of nitrogen functional groups attached to an aromatic ring is 1. The number of hydrogen-bond donors (Lipinski definition) is 1. The van der Waals surface area contributed by atoms with Gasteiger partial charge in [0.2, 0.25) is 0 Å². The molecule has 0 bridgehead atoms. The molecule has 0 aliphatic heterocycles. The molecule has 6 heteroatoms. The predicted molar refractivity (Wildman–Crippen MR) is 78.1 cm³/mol. The smallest absolute Gasteiger partial charge is 0.344 e. The first-order valence-corrected chi connectivity index (χ1v) is 6.66. The summed E-state index contributed by atoms with van der Waals surface area (Å²) in [6.07, 6.45) is 3.30. The lowest BCUT2D eigenvalue weighted by Gasteiger charge is -2.07. The number of carbonyl (C=O) groups is 1. The van der Waals surface area contributed by atoms with Gasteiger partial charge in [-0.1, -0.05) is 6.07 Å². The minimum Gasteiger partial charge on any atom is -0.482 e. The first kappa shape index (κ1) is 14.3. The van der Waals surface area contributed by atoms with E-state index < -0.39 is 5.97 Å². The number of esters is 1. The second kappa shape index (κ2) is 6.91. The molecule has 2 N–H and O–H groups in total. The van der Waals surface area contributed by atoms with Gasteiger partial charge in [0.15, 0.2) is 6.61 Å². The highest BCUT2D eigenvalue weighted by atomic mass is 79.9. The van der Waals surface area contributed by atoms with Gasteiger partial charge in [0.05, 0.1) is 0 Å². The largest absolute Gasteiger partial charge is 0.482 e. The standard InChI is InChI=1S/C14H13BrN2O3/c15-11-4-10(6-17-7-11)8-20-14(18)9-19-13-3-1-2-12(16)5-13/h1-7H,8-9,16H2. The number of rotatable bonds is 5. The molecule has 0 radical (unpaired) electrons. The molecule has 2 aromatic rings. The average molecular weight is 337 g/mol. The minimum atomic E-state index is -0.451. The number of benzene rings is 1. The van der Waals surface area contributed by atoms with Gasteiger partial charge in [0.25, 0.3) is 0 Å². The molecule has 1 aromatic carbocycles. The van der Waals surface area contributed by atoms with E-state index in [1.807, 2.05) is 6.07 Å². The number of nitrogens with two attached hydrogens (primary N) is 1. The van der Waals surface area contributed by atoms with E-state index in [1.54, 1.807) is 36.7 Å². The van der Waals surface area contributed by atoms with E-state index in [1.165, 1.54) is 0 Å². The lowest BCUT2D eigenvalue weighted by molar-refractivity contribution is -0.147. The number of nitrogens with zero attached hydrogens (tertiary/aromatic N) is 1. The first-order chi connectivity index (χ1) is 9.63. The lowest BCUT2D eigenvalue weighted by atomic mass is 10.3. The van der Waals surface area contributed by atoms with Crippen molar-refractivity contribution in [2.24, 2.45) is 0 Å². The van der Waals surface area contributed by atoms with E-state index in [-0.39, 0.29) is 13.2 Å². The van der Waals surface area contributed by atoms with Crippen molar-refractivity contribution in [1.29, 1.82) is 0 Å². The van der Waals surface area contributed by atoms with Crippen LogP contribution < -0.4 is 10.5 Å². The molecule has 0 spiro atoms. The maximum absolute atomic E-state index is 11.5. The van der Waals surface area contributed by atoms with Crippen LogP contribution in [0.3, 0.4) is 0 Å². The van der Waals surface area contributed by atoms with Crippen LogP contribution in [0.25, 0.3) is 0 Å². The summed E-state index contributed by atoms with van der Waals surface area (Å²) >= 11 is 3.30. The summed E-state index contributed by atoms with van der Waals surface area (Å²) in [4.78, 5) is 15.5. The Labute approximate surface area is 124 Å². The van der Waals surface area contributed by atoms with E-state index >= 15 is 0 Å². The Morgan fingerprint density at radius 3 is 2.90 bits per heavy atom. The number of carbonyl (C=O) groups excluding carboxylic acids is 1. The van der Waals surface area contributed by atoms with Crippen molar-refractivity contribution in [3.8, 4) is 5.75 Å². The van der Waals surface area contributed by atoms with Crippen molar-refractivity contribution in [2.75, 3.05) is 12.3 Å². The second-order valence-electron chi connectivity index (χ2n) is 4.03. The summed E-state index contributed by atoms with van der Waals surface area (Å²) in [6, 6.07) is 8.70. The highest BCUT2D eigenvalue weighted by molar-refractivity contribution is 9.10. The van der Waals surface area contributed by atoms with Gasteiger partial charge < -0.3 is 15.2 Å². The Morgan fingerprint density at radius 1 is 1.30 bits per heavy atom. The number of hydrogen-bond acceptors (Lipinski definition) is 5. The molecule has 0 unspecified atom stereocenters. The molecule has 0 aliphatic carbocycles. The summed E-state index contributed by atoms with van der Waals surface area (Å²) in [5, 5.41) is 0. The van der Waals surface area contributed by atoms with Crippen LogP contribution in [0.2, 0.25) is 0 Å². The minimum absolute atomic E-state index is 0.158. The van der Waals surface area contributed by atoms with Gasteiger partial charge in [-0.3, -0.25) is 4.98 Å². The molecule has 0 fully saturated rings. The fourth-order valence-corrected chi connectivity index (χ4v) is 1.90. The Hall–Kier alpha value is -2.08. The van der Waals surface area contributed by atoms with Crippen LogP contribution in [0.4, 0.5) is 5.69 Å². The van der Waals surface area contributed by atoms with Gasteiger partial charge in [0, 0.05) is 34.2 Å². The molecule has 5 nitrogen and oxygen atoms in total. The van der Waals surface area contributed by atoms with Crippen molar-refractivity contribution >= 4 is 27.6 Å². The third-order valence-corrected chi connectivity index (χ3v) is 2.81. The number of halogens is 1. The topological polar surface area (TPSA) is 74.4 Å². The van der Waals surface area contributed by atoms with Gasteiger partial charge in [-0.2, -0.15) is 0 Å². The van der Waals surface area contributed by atoms with Crippen LogP contribution in [0, 0.1) is 0 Å². The summed E-state index contributed by atoms with van der Waals surface area (Å²) in [7, 11) is 0. The van der Waals surface area contributed by atoms with Crippen molar-refractivity contribution in [3.63, 3.8) is 0 Å². The number of anilines is 1. The third-order valence-electron chi connectivity index (χ3n) is 2.38. The maximum Gasteiger partial charge on any atom is 0.344 e. The molecule has 1 aromatic heterocycles. The van der Waals surface area contributed by atoms with Gasteiger partial charge in [-0.05, 0) is 34.1 Å². The van der Waals surface area contributed by atoms with E-state index in [9.17, 15) is 4.79 Å². The number of pyridine rings is 1. The monoisotopic (exact) mass is 336 g/mol. The summed E-state index contributed by atoms with van der Waals surface area (Å²) in [6.45, 7) is -0.00352. The van der Waals surface area contributed by atoms with Gasteiger partial charge in [0.1, 0.15) is 12.4 Å². The van der Waals surface area contributed by atoms with E-state index in [4.69, 9.17) is 15.2 Å². The van der Waals surface area contributed by atoms with E-state index in [0.29, 0.717) is 11.4 Å². The highest BCUT2D eigenvalue weighted by Gasteiger charge is 2.05. The zero-order valence-corrected chi connectivity index (χ0v) is 12.2. The van der Waals surface area contributed by atoms with Crippen molar-refractivity contribution < 1.29 is 14.3 Å². The molecular formula is C14H13BrN2O3. The van der Waals surface area contributed by atoms with Crippen LogP contribution >= 0.6 is 15.9 Å². The molecule has 104 valence electrons. The normalized spacial score (nSPS) is 10.1. The summed E-state index contributed by atoms with van der Waals surface area (Å²) < 4.78 is 11.2. The van der Waals surface area contributed by atoms with Crippen molar-refractivity contribution in [1.82, 2.24) is 4.98 Å². The molecule has 1 heterocycles. The van der Waals surface area contributed by atoms with E-state index in [0.717, 1.165) is 10.0 Å². The van der Waals surface area contributed by atoms with Crippen LogP contribution in [0.15, 0.2) is 47.2 Å². The average Bonchev–Trinajstić information content (AvgIpc) is 2.43.